The van der Waals surface area contributed by atoms with E-state index in [0.29, 0.717) is 31.0 Å². The first-order valence-electron chi connectivity index (χ1n) is 12.8. The fourth-order valence-electron chi connectivity index (χ4n) is 5.44. The second-order valence-corrected chi connectivity index (χ2v) is 11.2. The third kappa shape index (κ3) is 5.46. The molecule has 6 rings (SSSR count). The molecule has 4 aromatic heterocycles. The lowest BCUT2D eigenvalue weighted by atomic mass is 10.0. The molecule has 8 nitrogen and oxygen atoms in total. The molecule has 6 heterocycles. The van der Waals surface area contributed by atoms with E-state index in [1.54, 1.807) is 22.8 Å². The fourth-order valence-corrected chi connectivity index (χ4v) is 6.71. The molecule has 2 saturated heterocycles. The van der Waals surface area contributed by atoms with E-state index in [4.69, 9.17) is 4.52 Å². The summed E-state index contributed by atoms with van der Waals surface area (Å²) in [5, 5.41) is 4.12. The molecule has 2 aliphatic heterocycles. The summed E-state index contributed by atoms with van der Waals surface area (Å²) in [5.74, 6) is 0.486. The van der Waals surface area contributed by atoms with Crippen LogP contribution in [0.25, 0.3) is 0 Å². The smallest absolute Gasteiger partial charge is 0.361 e. The highest BCUT2D eigenvalue weighted by molar-refractivity contribution is 7.12. The van der Waals surface area contributed by atoms with Gasteiger partial charge in [-0.05, 0) is 50.5 Å². The Kier molecular flexibility index (Phi) is 6.86. The molecule has 0 aromatic carbocycles. The average molecular weight is 596 g/mol. The monoisotopic (exact) mass is 595 g/mol. The van der Waals surface area contributed by atoms with E-state index in [0.717, 1.165) is 47.1 Å². The van der Waals surface area contributed by atoms with Gasteiger partial charge in [0.2, 0.25) is 11.9 Å². The van der Waals surface area contributed by atoms with Gasteiger partial charge < -0.3 is 14.3 Å². The maximum absolute atomic E-state index is 13.4. The molecule has 4 aromatic rings. The zero-order valence-electron chi connectivity index (χ0n) is 21.5. The Balaban J connectivity index is 1.27. The average Bonchev–Trinajstić information content (AvgIpc) is 3.73. The molecule has 0 spiro atoms. The van der Waals surface area contributed by atoms with Gasteiger partial charge in [0.1, 0.15) is 22.8 Å². The minimum absolute atomic E-state index is 0.0347. The van der Waals surface area contributed by atoms with Crippen LogP contribution in [0.4, 0.5) is 38.2 Å². The highest BCUT2D eigenvalue weighted by Gasteiger charge is 2.41. The van der Waals surface area contributed by atoms with Crippen molar-refractivity contribution in [3.63, 3.8) is 0 Å². The summed E-state index contributed by atoms with van der Waals surface area (Å²) in [6, 6.07) is 6.76. The van der Waals surface area contributed by atoms with Crippen molar-refractivity contribution in [1.82, 2.24) is 25.1 Å². The van der Waals surface area contributed by atoms with Crippen molar-refractivity contribution >= 4 is 23.2 Å². The second kappa shape index (κ2) is 10.3. The predicted molar refractivity (Wildman–Crippen MR) is 136 cm³/mol. The Labute approximate surface area is 234 Å². The van der Waals surface area contributed by atoms with Crippen LogP contribution in [0.5, 0.6) is 0 Å². The predicted octanol–water partition coefficient (Wildman–Crippen LogP) is 6.74. The maximum Gasteiger partial charge on any atom is 0.433 e. The van der Waals surface area contributed by atoms with Gasteiger partial charge in [-0.3, -0.25) is 0 Å². The molecule has 0 radical (unpaired) electrons. The number of hydrogen-bond acceptors (Lipinski definition) is 9. The van der Waals surface area contributed by atoms with Crippen molar-refractivity contribution in [1.29, 1.82) is 0 Å². The number of aromatic nitrogens is 5. The lowest BCUT2D eigenvalue weighted by molar-refractivity contribution is -0.142. The number of nitrogens with zero attached hydrogens (tertiary/aromatic N) is 7. The summed E-state index contributed by atoms with van der Waals surface area (Å²) >= 11 is 1.53. The van der Waals surface area contributed by atoms with Gasteiger partial charge in [-0.15, -0.1) is 11.3 Å². The largest absolute Gasteiger partial charge is 0.433 e. The fraction of sp³-hybridized carbons (Fsp3) is 0.423. The normalized spacial score (nSPS) is 21.7. The molecular formula is C26H23F6N7OS. The van der Waals surface area contributed by atoms with Crippen LogP contribution < -0.4 is 9.80 Å². The molecule has 0 bridgehead atoms. The van der Waals surface area contributed by atoms with Crippen molar-refractivity contribution in [2.24, 2.45) is 0 Å². The SMILES string of the molecule is Cc1cc(C2CC(c3ccc(C4CCCN4c4nccc(C(F)(F)F)n4)s3)CN2c2nccc(C(F)(F)F)n2)no1. The van der Waals surface area contributed by atoms with Crippen molar-refractivity contribution < 1.29 is 30.9 Å². The van der Waals surface area contributed by atoms with Gasteiger partial charge in [-0.2, -0.15) is 26.3 Å². The second-order valence-electron chi connectivity index (χ2n) is 10.0. The van der Waals surface area contributed by atoms with Crippen LogP contribution in [0.15, 0.2) is 47.2 Å². The highest BCUT2D eigenvalue weighted by Crippen LogP contribution is 2.46. The van der Waals surface area contributed by atoms with Gasteiger partial charge in [0.25, 0.3) is 0 Å². The molecule has 3 unspecified atom stereocenters. The number of hydrogen-bond donors (Lipinski definition) is 0. The van der Waals surface area contributed by atoms with Gasteiger partial charge in [0, 0.05) is 47.2 Å². The topological polar surface area (TPSA) is 84.1 Å². The van der Waals surface area contributed by atoms with Crippen LogP contribution in [0.2, 0.25) is 0 Å². The van der Waals surface area contributed by atoms with Gasteiger partial charge >= 0.3 is 12.4 Å². The Morgan fingerprint density at radius 3 is 2.10 bits per heavy atom. The maximum atomic E-state index is 13.4. The lowest BCUT2D eigenvalue weighted by Crippen LogP contribution is -2.26. The van der Waals surface area contributed by atoms with E-state index >= 15 is 0 Å². The summed E-state index contributed by atoms with van der Waals surface area (Å²) in [6.45, 7) is 2.61. The van der Waals surface area contributed by atoms with Gasteiger partial charge in [0.15, 0.2) is 0 Å². The Hall–Kier alpha value is -3.75. The van der Waals surface area contributed by atoms with Crippen molar-refractivity contribution in [2.45, 2.75) is 56.5 Å². The number of aryl methyl sites for hydroxylation is 1. The molecule has 0 aliphatic carbocycles. The van der Waals surface area contributed by atoms with Crippen LogP contribution in [-0.4, -0.2) is 38.2 Å². The minimum Gasteiger partial charge on any atom is -0.361 e. The zero-order valence-corrected chi connectivity index (χ0v) is 22.3. The number of thiophene rings is 1. The van der Waals surface area contributed by atoms with Gasteiger partial charge in [-0.1, -0.05) is 5.16 Å². The highest BCUT2D eigenvalue weighted by atomic mass is 32.1. The first-order valence-corrected chi connectivity index (χ1v) is 13.7. The van der Waals surface area contributed by atoms with E-state index < -0.39 is 29.8 Å². The Bertz CT molecular complexity index is 1540. The molecule has 0 saturated carbocycles. The summed E-state index contributed by atoms with van der Waals surface area (Å²) in [6.07, 6.45) is -4.93. The molecule has 2 fully saturated rings. The molecule has 15 heteroatoms. The quantitative estimate of drug-likeness (QED) is 0.235. The first kappa shape index (κ1) is 27.4. The van der Waals surface area contributed by atoms with Crippen LogP contribution in [0, 0.1) is 6.92 Å². The molecular weight excluding hydrogens is 572 g/mol. The third-order valence-corrected chi connectivity index (χ3v) is 8.65. The Morgan fingerprint density at radius 1 is 0.854 bits per heavy atom. The van der Waals surface area contributed by atoms with Crippen LogP contribution in [-0.2, 0) is 12.4 Å². The van der Waals surface area contributed by atoms with E-state index in [2.05, 4.69) is 25.1 Å². The minimum atomic E-state index is -4.62. The van der Waals surface area contributed by atoms with Gasteiger partial charge in [-0.25, -0.2) is 19.9 Å². The van der Waals surface area contributed by atoms with E-state index in [1.165, 1.54) is 11.3 Å². The van der Waals surface area contributed by atoms with Crippen molar-refractivity contribution in [2.75, 3.05) is 22.9 Å². The van der Waals surface area contributed by atoms with Crippen LogP contribution in [0.3, 0.4) is 0 Å². The number of alkyl halides is 6. The van der Waals surface area contributed by atoms with E-state index in [9.17, 15) is 26.3 Å². The lowest BCUT2D eigenvalue weighted by Gasteiger charge is -2.24. The summed E-state index contributed by atoms with van der Waals surface area (Å²) < 4.78 is 85.2. The zero-order chi connectivity index (χ0) is 28.9. The Morgan fingerprint density at radius 2 is 1.49 bits per heavy atom. The molecule has 3 atom stereocenters. The molecule has 0 amide bonds. The standard InChI is InChI=1S/C26H23F6N7OS/c1-14-11-16(37-40-14)18-12-15(13-39(18)24-34-9-7-22(36-24)26(30,31)32)19-4-5-20(41-19)17-3-2-10-38(17)23-33-8-6-21(35-23)25(27,28)29/h4-9,11,15,17-18H,2-3,10,12-13H2,1H3. The van der Waals surface area contributed by atoms with Crippen molar-refractivity contribution in [3.8, 4) is 0 Å². The number of halogens is 6. The third-order valence-electron chi connectivity index (χ3n) is 7.30. The molecule has 216 valence electrons. The van der Waals surface area contributed by atoms with E-state index in [-0.39, 0.29) is 23.9 Å². The number of rotatable bonds is 5. The summed E-state index contributed by atoms with van der Waals surface area (Å²) in [4.78, 5) is 21.3. The van der Waals surface area contributed by atoms with Crippen molar-refractivity contribution in [3.05, 3.63) is 75.3 Å². The van der Waals surface area contributed by atoms with Crippen LogP contribution in [0.1, 0.15) is 69.9 Å². The first-order chi connectivity index (χ1) is 19.5. The van der Waals surface area contributed by atoms with Gasteiger partial charge in [0.05, 0.1) is 12.1 Å². The van der Waals surface area contributed by atoms with E-state index in [1.807, 2.05) is 12.1 Å². The number of anilines is 2. The summed E-state index contributed by atoms with van der Waals surface area (Å²) in [7, 11) is 0. The summed E-state index contributed by atoms with van der Waals surface area (Å²) in [5.41, 5.74) is -1.44. The molecule has 2 aliphatic rings. The molecule has 41 heavy (non-hydrogen) atoms. The van der Waals surface area contributed by atoms with Crippen LogP contribution >= 0.6 is 11.3 Å². The molecule has 0 N–H and O–H groups in total.